The van der Waals surface area contributed by atoms with Crippen molar-refractivity contribution in [3.8, 4) is 23.0 Å². The molecule has 2 amide bonds. The van der Waals surface area contributed by atoms with Crippen LogP contribution in [0.15, 0.2) is 60.7 Å². The van der Waals surface area contributed by atoms with Crippen molar-refractivity contribution < 1.29 is 28.5 Å². The van der Waals surface area contributed by atoms with Gasteiger partial charge in [0.2, 0.25) is 0 Å². The molecule has 1 aliphatic rings. The van der Waals surface area contributed by atoms with Crippen LogP contribution >= 0.6 is 0 Å². The van der Waals surface area contributed by atoms with Crippen molar-refractivity contribution in [2.24, 2.45) is 0 Å². The summed E-state index contributed by atoms with van der Waals surface area (Å²) in [5.74, 6) is 1.96. The lowest BCUT2D eigenvalue weighted by atomic mass is 10.1. The van der Waals surface area contributed by atoms with Gasteiger partial charge in [0.1, 0.15) is 23.0 Å². The molecule has 0 saturated carbocycles. The van der Waals surface area contributed by atoms with Crippen LogP contribution in [0.5, 0.6) is 23.0 Å². The Kier molecular flexibility index (Phi) is 7.10. The standard InChI is InChI=1S/C27H28N2O6/c1-17-27(31)29(15-18-9-11-21(32-2)14-25(18)34-4)16-19-13-20(10-12-23(19)35-17)28-26(30)22-7-5-6-8-24(22)33-3/h5-14,17H,15-16H2,1-4H3,(H,28,30)/t17-/m1/s1. The lowest BCUT2D eigenvalue weighted by Crippen LogP contribution is -2.37. The van der Waals surface area contributed by atoms with E-state index in [9.17, 15) is 9.59 Å². The number of nitrogens with zero attached hydrogens (tertiary/aromatic N) is 1. The normalized spacial score (nSPS) is 14.9. The molecule has 8 heteroatoms. The van der Waals surface area contributed by atoms with Crippen molar-refractivity contribution in [2.75, 3.05) is 26.6 Å². The van der Waals surface area contributed by atoms with Crippen LogP contribution in [0.1, 0.15) is 28.4 Å². The Hall–Kier alpha value is -4.20. The number of methoxy groups -OCH3 is 3. The third-order valence-corrected chi connectivity index (χ3v) is 5.85. The molecule has 3 aromatic carbocycles. The maximum Gasteiger partial charge on any atom is 0.263 e. The van der Waals surface area contributed by atoms with Crippen molar-refractivity contribution in [1.82, 2.24) is 4.90 Å². The Labute approximate surface area is 204 Å². The Morgan fingerprint density at radius 1 is 1.00 bits per heavy atom. The molecular weight excluding hydrogens is 448 g/mol. The van der Waals surface area contributed by atoms with Crippen molar-refractivity contribution >= 4 is 17.5 Å². The van der Waals surface area contributed by atoms with E-state index in [4.69, 9.17) is 18.9 Å². The molecule has 0 bridgehead atoms. The van der Waals surface area contributed by atoms with Gasteiger partial charge in [-0.15, -0.1) is 0 Å². The van der Waals surface area contributed by atoms with Gasteiger partial charge in [0.25, 0.3) is 11.8 Å². The summed E-state index contributed by atoms with van der Waals surface area (Å²) >= 11 is 0. The zero-order valence-corrected chi connectivity index (χ0v) is 20.2. The summed E-state index contributed by atoms with van der Waals surface area (Å²) in [5.41, 5.74) is 2.65. The minimum Gasteiger partial charge on any atom is -0.497 e. The average Bonchev–Trinajstić information content (AvgIpc) is 2.99. The van der Waals surface area contributed by atoms with Gasteiger partial charge in [-0.2, -0.15) is 0 Å². The average molecular weight is 477 g/mol. The minimum atomic E-state index is -0.658. The van der Waals surface area contributed by atoms with E-state index in [2.05, 4.69) is 5.32 Å². The van der Waals surface area contributed by atoms with Crippen LogP contribution in [0, 0.1) is 0 Å². The number of amides is 2. The van der Waals surface area contributed by atoms with E-state index in [-0.39, 0.29) is 11.8 Å². The van der Waals surface area contributed by atoms with Gasteiger partial charge in [-0.25, -0.2) is 0 Å². The maximum atomic E-state index is 13.1. The van der Waals surface area contributed by atoms with Gasteiger partial charge in [0.05, 0.1) is 26.9 Å². The second kappa shape index (κ2) is 10.4. The number of para-hydroxylation sites is 1. The highest BCUT2D eigenvalue weighted by atomic mass is 16.5. The van der Waals surface area contributed by atoms with Crippen LogP contribution in [0.3, 0.4) is 0 Å². The summed E-state index contributed by atoms with van der Waals surface area (Å²) in [7, 11) is 4.70. The molecule has 35 heavy (non-hydrogen) atoms. The SMILES string of the molecule is COc1ccc(CN2Cc3cc(NC(=O)c4ccccc4OC)ccc3O[C@H](C)C2=O)c(OC)c1. The second-order valence-electron chi connectivity index (χ2n) is 8.11. The van der Waals surface area contributed by atoms with E-state index >= 15 is 0 Å². The van der Waals surface area contributed by atoms with Crippen LogP contribution in [0.25, 0.3) is 0 Å². The number of nitrogens with one attached hydrogen (secondary N) is 1. The van der Waals surface area contributed by atoms with Gasteiger partial charge in [-0.3, -0.25) is 9.59 Å². The van der Waals surface area contributed by atoms with Gasteiger partial charge in [-0.05, 0) is 49.4 Å². The molecular formula is C27H28N2O6. The maximum absolute atomic E-state index is 13.1. The lowest BCUT2D eigenvalue weighted by Gasteiger charge is -2.23. The largest absolute Gasteiger partial charge is 0.497 e. The molecule has 1 aliphatic heterocycles. The van der Waals surface area contributed by atoms with Crippen LogP contribution < -0.4 is 24.3 Å². The number of hydrogen-bond donors (Lipinski definition) is 1. The molecule has 182 valence electrons. The van der Waals surface area contributed by atoms with E-state index in [0.717, 1.165) is 11.1 Å². The van der Waals surface area contributed by atoms with E-state index in [0.29, 0.717) is 47.3 Å². The van der Waals surface area contributed by atoms with Gasteiger partial charge in [0.15, 0.2) is 6.10 Å². The zero-order chi connectivity index (χ0) is 24.9. The molecule has 0 saturated heterocycles. The Morgan fingerprint density at radius 2 is 1.77 bits per heavy atom. The monoisotopic (exact) mass is 476 g/mol. The van der Waals surface area contributed by atoms with Crippen molar-refractivity contribution in [3.63, 3.8) is 0 Å². The van der Waals surface area contributed by atoms with E-state index in [1.807, 2.05) is 18.2 Å². The van der Waals surface area contributed by atoms with E-state index in [1.165, 1.54) is 7.11 Å². The van der Waals surface area contributed by atoms with Crippen LogP contribution in [-0.2, 0) is 17.9 Å². The number of rotatable bonds is 7. The molecule has 0 spiro atoms. The third-order valence-electron chi connectivity index (χ3n) is 5.85. The minimum absolute atomic E-state index is 0.140. The fraction of sp³-hybridized carbons (Fsp3) is 0.259. The summed E-state index contributed by atoms with van der Waals surface area (Å²) < 4.78 is 22.0. The fourth-order valence-electron chi connectivity index (χ4n) is 4.03. The van der Waals surface area contributed by atoms with E-state index in [1.54, 1.807) is 68.5 Å². The molecule has 0 unspecified atom stereocenters. The lowest BCUT2D eigenvalue weighted by molar-refractivity contribution is -0.138. The molecule has 1 heterocycles. The topological polar surface area (TPSA) is 86.3 Å². The highest BCUT2D eigenvalue weighted by Gasteiger charge is 2.29. The quantitative estimate of drug-likeness (QED) is 0.548. The van der Waals surface area contributed by atoms with Crippen molar-refractivity contribution in [2.45, 2.75) is 26.1 Å². The molecule has 1 atom stereocenters. The molecule has 0 radical (unpaired) electrons. The van der Waals surface area contributed by atoms with Gasteiger partial charge < -0.3 is 29.2 Å². The Balaban J connectivity index is 1.59. The first-order valence-electron chi connectivity index (χ1n) is 11.2. The number of ether oxygens (including phenoxy) is 4. The predicted octanol–water partition coefficient (Wildman–Crippen LogP) is 4.27. The van der Waals surface area contributed by atoms with Crippen molar-refractivity contribution in [1.29, 1.82) is 0 Å². The summed E-state index contributed by atoms with van der Waals surface area (Å²) in [5, 5.41) is 2.91. The van der Waals surface area contributed by atoms with Crippen LogP contribution in [0.4, 0.5) is 5.69 Å². The van der Waals surface area contributed by atoms with Crippen LogP contribution in [0.2, 0.25) is 0 Å². The van der Waals surface area contributed by atoms with Gasteiger partial charge in [0, 0.05) is 36.0 Å². The van der Waals surface area contributed by atoms with Crippen molar-refractivity contribution in [3.05, 3.63) is 77.4 Å². The number of anilines is 1. The van der Waals surface area contributed by atoms with Gasteiger partial charge >= 0.3 is 0 Å². The summed E-state index contributed by atoms with van der Waals surface area (Å²) in [6.07, 6.45) is -0.658. The molecule has 3 aromatic rings. The number of fused-ring (bicyclic) bond motifs is 1. The first-order chi connectivity index (χ1) is 16.9. The highest BCUT2D eigenvalue weighted by Crippen LogP contribution is 2.32. The number of carbonyl (C=O) groups is 2. The smallest absolute Gasteiger partial charge is 0.263 e. The number of benzene rings is 3. The molecule has 0 aromatic heterocycles. The summed E-state index contributed by atoms with van der Waals surface area (Å²) in [4.78, 5) is 27.7. The predicted molar refractivity (Wildman–Crippen MR) is 131 cm³/mol. The molecule has 1 N–H and O–H groups in total. The fourth-order valence-corrected chi connectivity index (χ4v) is 4.03. The Bertz CT molecular complexity index is 1240. The van der Waals surface area contributed by atoms with Gasteiger partial charge in [-0.1, -0.05) is 12.1 Å². The second-order valence-corrected chi connectivity index (χ2v) is 8.11. The molecule has 8 nitrogen and oxygen atoms in total. The zero-order valence-electron chi connectivity index (χ0n) is 20.2. The first-order valence-corrected chi connectivity index (χ1v) is 11.2. The molecule has 0 fully saturated rings. The highest BCUT2D eigenvalue weighted by molar-refractivity contribution is 6.06. The molecule has 4 rings (SSSR count). The first kappa shape index (κ1) is 23.9. The number of carbonyl (C=O) groups excluding carboxylic acids is 2. The van der Waals surface area contributed by atoms with Crippen LogP contribution in [-0.4, -0.2) is 44.1 Å². The number of hydrogen-bond acceptors (Lipinski definition) is 6. The Morgan fingerprint density at radius 3 is 2.51 bits per heavy atom. The summed E-state index contributed by atoms with van der Waals surface area (Å²) in [6.45, 7) is 2.37. The third kappa shape index (κ3) is 5.16. The summed E-state index contributed by atoms with van der Waals surface area (Å²) in [6, 6.07) is 17.9. The van der Waals surface area contributed by atoms with E-state index < -0.39 is 6.10 Å². The molecule has 0 aliphatic carbocycles.